The van der Waals surface area contributed by atoms with Crippen molar-refractivity contribution in [1.29, 1.82) is 0 Å². The van der Waals surface area contributed by atoms with E-state index in [1.54, 1.807) is 0 Å². The van der Waals surface area contributed by atoms with Crippen LogP contribution in [0.2, 0.25) is 0 Å². The Hall–Kier alpha value is -0.490. The summed E-state index contributed by atoms with van der Waals surface area (Å²) in [6.07, 6.45) is 2.03. The van der Waals surface area contributed by atoms with Crippen molar-refractivity contribution in [2.24, 2.45) is 0 Å². The van der Waals surface area contributed by atoms with Crippen LogP contribution in [0, 0.1) is 0 Å². The molecular formula is C13H24N4S. The molecule has 1 saturated heterocycles. The minimum Gasteiger partial charge on any atom is -0.310 e. The fourth-order valence-corrected chi connectivity index (χ4v) is 3.17. The molecule has 0 spiro atoms. The molecule has 1 aliphatic heterocycles. The van der Waals surface area contributed by atoms with E-state index in [9.17, 15) is 0 Å². The first kappa shape index (κ1) is 13.9. The third-order valence-corrected chi connectivity index (χ3v) is 4.49. The fourth-order valence-electron chi connectivity index (χ4n) is 2.14. The minimum absolute atomic E-state index is 0.460. The van der Waals surface area contributed by atoms with Gasteiger partial charge < -0.3 is 10.2 Å². The van der Waals surface area contributed by atoms with E-state index in [1.807, 2.05) is 17.5 Å². The molecule has 2 heterocycles. The largest absolute Gasteiger partial charge is 0.310 e. The van der Waals surface area contributed by atoms with Gasteiger partial charge in [-0.05, 0) is 14.1 Å². The van der Waals surface area contributed by atoms with Gasteiger partial charge in [0.1, 0.15) is 5.01 Å². The first-order valence-electron chi connectivity index (χ1n) is 6.63. The normalized spacial score (nSPS) is 22.8. The molecule has 0 bridgehead atoms. The molecular weight excluding hydrogens is 244 g/mol. The Kier molecular flexibility index (Phi) is 4.72. The van der Waals surface area contributed by atoms with Crippen molar-refractivity contribution in [3.63, 3.8) is 0 Å². The van der Waals surface area contributed by atoms with Crippen LogP contribution in [0.15, 0.2) is 6.20 Å². The summed E-state index contributed by atoms with van der Waals surface area (Å²) in [7, 11) is 4.39. The first-order valence-corrected chi connectivity index (χ1v) is 7.44. The number of thiazole rings is 1. The Morgan fingerprint density at radius 3 is 2.94 bits per heavy atom. The molecule has 0 aliphatic carbocycles. The van der Waals surface area contributed by atoms with E-state index >= 15 is 0 Å². The van der Waals surface area contributed by atoms with Crippen molar-refractivity contribution in [3.8, 4) is 0 Å². The average Bonchev–Trinajstić information content (AvgIpc) is 2.78. The van der Waals surface area contributed by atoms with E-state index < -0.39 is 0 Å². The molecule has 1 aromatic heterocycles. The molecule has 0 aromatic carbocycles. The highest BCUT2D eigenvalue weighted by atomic mass is 32.1. The molecule has 0 amide bonds. The van der Waals surface area contributed by atoms with Crippen LogP contribution in [0.1, 0.15) is 29.8 Å². The second-order valence-electron chi connectivity index (χ2n) is 5.46. The molecule has 4 nitrogen and oxygen atoms in total. The Bertz CT molecular complexity index is 377. The predicted molar refractivity (Wildman–Crippen MR) is 77.0 cm³/mol. The topological polar surface area (TPSA) is 31.4 Å². The lowest BCUT2D eigenvalue weighted by molar-refractivity contribution is 0.115. The van der Waals surface area contributed by atoms with Gasteiger partial charge in [0.15, 0.2) is 0 Å². The minimum atomic E-state index is 0.460. The van der Waals surface area contributed by atoms with Gasteiger partial charge in [-0.2, -0.15) is 0 Å². The van der Waals surface area contributed by atoms with E-state index in [0.717, 1.165) is 26.2 Å². The van der Waals surface area contributed by atoms with Crippen LogP contribution < -0.4 is 5.32 Å². The Morgan fingerprint density at radius 1 is 1.44 bits per heavy atom. The van der Waals surface area contributed by atoms with Gasteiger partial charge in [-0.15, -0.1) is 11.3 Å². The zero-order chi connectivity index (χ0) is 13.1. The molecule has 1 fully saturated rings. The number of likely N-dealkylation sites (N-methyl/N-ethyl adjacent to an activating group) is 2. The molecule has 5 heteroatoms. The van der Waals surface area contributed by atoms with Gasteiger partial charge in [0.25, 0.3) is 0 Å². The van der Waals surface area contributed by atoms with Crippen LogP contribution >= 0.6 is 11.3 Å². The first-order chi connectivity index (χ1) is 8.56. The van der Waals surface area contributed by atoms with Gasteiger partial charge in [0.2, 0.25) is 0 Å². The number of rotatable bonds is 4. The number of piperazine rings is 1. The Morgan fingerprint density at radius 2 is 2.22 bits per heavy atom. The number of aromatic nitrogens is 1. The van der Waals surface area contributed by atoms with Gasteiger partial charge >= 0.3 is 0 Å². The van der Waals surface area contributed by atoms with Crippen molar-refractivity contribution in [2.75, 3.05) is 33.7 Å². The van der Waals surface area contributed by atoms with Crippen LogP contribution in [-0.4, -0.2) is 54.6 Å². The van der Waals surface area contributed by atoms with Crippen molar-refractivity contribution >= 4 is 11.3 Å². The summed E-state index contributed by atoms with van der Waals surface area (Å²) >= 11 is 1.85. The standard InChI is InChI=1S/C13H24N4S/c1-10(2)14-7-11-8-15-13(18-11)12-9-16(3)5-6-17(12)4/h8,10,12,14H,5-7,9H2,1-4H3. The molecule has 2 rings (SSSR count). The summed E-state index contributed by atoms with van der Waals surface area (Å²) in [5.41, 5.74) is 0. The van der Waals surface area contributed by atoms with Crippen molar-refractivity contribution in [1.82, 2.24) is 20.1 Å². The molecule has 1 unspecified atom stereocenters. The lowest BCUT2D eigenvalue weighted by Gasteiger charge is -2.36. The highest BCUT2D eigenvalue weighted by molar-refractivity contribution is 7.11. The lowest BCUT2D eigenvalue weighted by Crippen LogP contribution is -2.44. The maximum atomic E-state index is 4.61. The molecule has 1 atom stereocenters. The van der Waals surface area contributed by atoms with Crippen LogP contribution in [0.4, 0.5) is 0 Å². The smallest absolute Gasteiger partial charge is 0.111 e. The highest BCUT2D eigenvalue weighted by Gasteiger charge is 2.26. The predicted octanol–water partition coefficient (Wildman–Crippen LogP) is 1.56. The van der Waals surface area contributed by atoms with Crippen LogP contribution in [0.25, 0.3) is 0 Å². The number of nitrogens with zero attached hydrogens (tertiary/aromatic N) is 3. The summed E-state index contributed by atoms with van der Waals surface area (Å²) in [4.78, 5) is 10.7. The second kappa shape index (κ2) is 6.10. The second-order valence-corrected chi connectivity index (χ2v) is 6.61. The third-order valence-electron chi connectivity index (χ3n) is 3.39. The molecule has 1 N–H and O–H groups in total. The van der Waals surface area contributed by atoms with E-state index in [0.29, 0.717) is 12.1 Å². The van der Waals surface area contributed by atoms with Crippen molar-refractivity contribution < 1.29 is 0 Å². The summed E-state index contributed by atoms with van der Waals surface area (Å²) in [5.74, 6) is 0. The van der Waals surface area contributed by atoms with E-state index in [1.165, 1.54) is 9.88 Å². The molecule has 1 aromatic rings. The van der Waals surface area contributed by atoms with Crippen LogP contribution in [0.5, 0.6) is 0 Å². The van der Waals surface area contributed by atoms with Crippen LogP contribution in [-0.2, 0) is 6.54 Å². The summed E-state index contributed by atoms with van der Waals surface area (Å²) in [6, 6.07) is 0.987. The van der Waals surface area contributed by atoms with Gasteiger partial charge in [-0.3, -0.25) is 4.90 Å². The molecule has 18 heavy (non-hydrogen) atoms. The van der Waals surface area contributed by atoms with Gasteiger partial charge in [0, 0.05) is 43.3 Å². The summed E-state index contributed by atoms with van der Waals surface area (Å²) in [6.45, 7) is 8.64. The number of hydrogen-bond acceptors (Lipinski definition) is 5. The highest BCUT2D eigenvalue weighted by Crippen LogP contribution is 2.27. The van der Waals surface area contributed by atoms with Crippen LogP contribution in [0.3, 0.4) is 0 Å². The van der Waals surface area contributed by atoms with Gasteiger partial charge in [0.05, 0.1) is 6.04 Å². The SMILES string of the molecule is CC(C)NCc1cnc(C2CN(C)CCN2C)s1. The monoisotopic (exact) mass is 268 g/mol. The van der Waals surface area contributed by atoms with Gasteiger partial charge in [-0.1, -0.05) is 13.8 Å². The molecule has 0 saturated carbocycles. The van der Waals surface area contributed by atoms with Gasteiger partial charge in [-0.25, -0.2) is 4.98 Å². The van der Waals surface area contributed by atoms with E-state index in [-0.39, 0.29) is 0 Å². The van der Waals surface area contributed by atoms with Crippen molar-refractivity contribution in [2.45, 2.75) is 32.5 Å². The molecule has 1 aliphatic rings. The zero-order valence-electron chi connectivity index (χ0n) is 11.8. The average molecular weight is 268 g/mol. The number of hydrogen-bond donors (Lipinski definition) is 1. The maximum absolute atomic E-state index is 4.61. The van der Waals surface area contributed by atoms with E-state index in [2.05, 4.69) is 48.0 Å². The zero-order valence-corrected chi connectivity index (χ0v) is 12.6. The fraction of sp³-hybridized carbons (Fsp3) is 0.769. The third kappa shape index (κ3) is 3.51. The summed E-state index contributed by atoms with van der Waals surface area (Å²) < 4.78 is 0. The maximum Gasteiger partial charge on any atom is 0.111 e. The lowest BCUT2D eigenvalue weighted by atomic mass is 10.2. The van der Waals surface area contributed by atoms with Crippen molar-refractivity contribution in [3.05, 3.63) is 16.1 Å². The number of nitrogens with one attached hydrogen (secondary N) is 1. The Balaban J connectivity index is 1.99. The molecule has 0 radical (unpaired) electrons. The van der Waals surface area contributed by atoms with E-state index in [4.69, 9.17) is 0 Å². The molecule has 102 valence electrons. The quantitative estimate of drug-likeness (QED) is 0.898. The Labute approximate surface area is 114 Å². The summed E-state index contributed by atoms with van der Waals surface area (Å²) in [5, 5.41) is 4.70.